The minimum absolute atomic E-state index is 0.0612. The first-order valence-electron chi connectivity index (χ1n) is 11.9. The molecule has 2 N–H and O–H groups in total. The Morgan fingerprint density at radius 3 is 2.32 bits per heavy atom. The number of carboxylic acid groups (broad SMARTS) is 1. The standard InChI is InChI=1S/C25H32FN3O4S/c26-20-4-7-22(8-5-20)34(32,33)27-21-6-9-24(23(18-21)25(30)31)29-16-11-19(12-17-29)10-15-28-13-2-1-3-14-28/h4-9,18-19,27H,1-3,10-17H2,(H,30,31). The van der Waals surface area contributed by atoms with Gasteiger partial charge in [0, 0.05) is 18.8 Å². The van der Waals surface area contributed by atoms with Crippen LogP contribution < -0.4 is 9.62 Å². The van der Waals surface area contributed by atoms with Gasteiger partial charge in [-0.2, -0.15) is 0 Å². The fourth-order valence-electron chi connectivity index (χ4n) is 4.89. The molecule has 4 rings (SSSR count). The van der Waals surface area contributed by atoms with Gasteiger partial charge in [-0.05, 0) is 100 Å². The molecule has 0 radical (unpaired) electrons. The number of piperidine rings is 2. The van der Waals surface area contributed by atoms with Crippen molar-refractivity contribution >= 4 is 27.4 Å². The number of hydrogen-bond acceptors (Lipinski definition) is 5. The SMILES string of the molecule is O=C(O)c1cc(NS(=O)(=O)c2ccc(F)cc2)ccc1N1CCC(CCN2CCCCC2)CC1. The lowest BCUT2D eigenvalue weighted by Crippen LogP contribution is -2.37. The lowest BCUT2D eigenvalue weighted by molar-refractivity contribution is 0.0697. The smallest absolute Gasteiger partial charge is 0.337 e. The molecule has 2 heterocycles. The van der Waals surface area contributed by atoms with Crippen LogP contribution in [-0.4, -0.2) is 57.1 Å². The molecule has 7 nitrogen and oxygen atoms in total. The summed E-state index contributed by atoms with van der Waals surface area (Å²) in [7, 11) is -3.96. The Morgan fingerprint density at radius 1 is 1.00 bits per heavy atom. The van der Waals surface area contributed by atoms with Gasteiger partial charge in [-0.3, -0.25) is 4.72 Å². The van der Waals surface area contributed by atoms with E-state index in [9.17, 15) is 22.7 Å². The maximum Gasteiger partial charge on any atom is 0.337 e. The topological polar surface area (TPSA) is 89.9 Å². The molecule has 0 bridgehead atoms. The molecular weight excluding hydrogens is 457 g/mol. The summed E-state index contributed by atoms with van der Waals surface area (Å²) in [5.41, 5.74) is 0.819. The lowest BCUT2D eigenvalue weighted by atomic mass is 9.92. The predicted molar refractivity (Wildman–Crippen MR) is 130 cm³/mol. The Balaban J connectivity index is 1.40. The maximum atomic E-state index is 13.1. The number of nitrogens with zero attached hydrogens (tertiary/aromatic N) is 2. The van der Waals surface area contributed by atoms with E-state index in [2.05, 4.69) is 14.5 Å². The summed E-state index contributed by atoms with van der Waals surface area (Å²) in [5.74, 6) is -0.995. The molecule has 0 amide bonds. The molecule has 2 aromatic carbocycles. The van der Waals surface area contributed by atoms with Crippen LogP contribution in [-0.2, 0) is 10.0 Å². The molecule has 0 atom stereocenters. The molecule has 0 saturated carbocycles. The van der Waals surface area contributed by atoms with Gasteiger partial charge < -0.3 is 14.9 Å². The van der Waals surface area contributed by atoms with Crippen LogP contribution in [0.2, 0.25) is 0 Å². The summed E-state index contributed by atoms with van der Waals surface area (Å²) >= 11 is 0. The number of carboxylic acids is 1. The van der Waals surface area contributed by atoms with E-state index in [0.29, 0.717) is 11.6 Å². The molecule has 34 heavy (non-hydrogen) atoms. The van der Waals surface area contributed by atoms with Gasteiger partial charge >= 0.3 is 5.97 Å². The van der Waals surface area contributed by atoms with E-state index in [1.54, 1.807) is 12.1 Å². The van der Waals surface area contributed by atoms with Crippen molar-refractivity contribution < 1.29 is 22.7 Å². The number of likely N-dealkylation sites (tertiary alicyclic amines) is 1. The average Bonchev–Trinajstić information content (AvgIpc) is 2.84. The van der Waals surface area contributed by atoms with Gasteiger partial charge in [0.25, 0.3) is 10.0 Å². The zero-order valence-corrected chi connectivity index (χ0v) is 20.1. The Kier molecular flexibility index (Phi) is 7.73. The highest BCUT2D eigenvalue weighted by molar-refractivity contribution is 7.92. The first-order valence-corrected chi connectivity index (χ1v) is 13.4. The molecule has 0 unspecified atom stereocenters. The van der Waals surface area contributed by atoms with Gasteiger partial charge in [-0.25, -0.2) is 17.6 Å². The molecular formula is C25H32FN3O4S. The number of sulfonamides is 1. The van der Waals surface area contributed by atoms with Crippen LogP contribution in [0.5, 0.6) is 0 Å². The van der Waals surface area contributed by atoms with Crippen molar-refractivity contribution in [3.05, 3.63) is 53.8 Å². The van der Waals surface area contributed by atoms with Crippen molar-refractivity contribution in [3.8, 4) is 0 Å². The molecule has 2 fully saturated rings. The van der Waals surface area contributed by atoms with Crippen LogP contribution in [0, 0.1) is 11.7 Å². The largest absolute Gasteiger partial charge is 0.478 e. The summed E-state index contributed by atoms with van der Waals surface area (Å²) in [4.78, 5) is 16.5. The number of aromatic carboxylic acids is 1. The minimum Gasteiger partial charge on any atom is -0.478 e. The van der Waals surface area contributed by atoms with Crippen LogP contribution in [0.3, 0.4) is 0 Å². The second kappa shape index (κ2) is 10.7. The van der Waals surface area contributed by atoms with E-state index in [1.165, 1.54) is 57.0 Å². The van der Waals surface area contributed by atoms with E-state index in [1.807, 2.05) is 0 Å². The lowest BCUT2D eigenvalue weighted by Gasteiger charge is -2.35. The number of rotatable bonds is 8. The van der Waals surface area contributed by atoms with E-state index < -0.39 is 21.8 Å². The summed E-state index contributed by atoms with van der Waals surface area (Å²) in [6.45, 7) is 5.13. The van der Waals surface area contributed by atoms with Crippen LogP contribution in [0.15, 0.2) is 47.4 Å². The van der Waals surface area contributed by atoms with E-state index in [4.69, 9.17) is 0 Å². The number of anilines is 2. The highest BCUT2D eigenvalue weighted by Crippen LogP contribution is 2.31. The van der Waals surface area contributed by atoms with Crippen molar-refractivity contribution in [3.63, 3.8) is 0 Å². The summed E-state index contributed by atoms with van der Waals surface area (Å²) in [6.07, 6.45) is 7.16. The summed E-state index contributed by atoms with van der Waals surface area (Å²) in [6, 6.07) is 9.05. The van der Waals surface area contributed by atoms with E-state index in [0.717, 1.165) is 44.6 Å². The number of nitrogens with one attached hydrogen (secondary N) is 1. The van der Waals surface area contributed by atoms with Crippen molar-refractivity contribution in [2.45, 2.75) is 43.4 Å². The fourth-order valence-corrected chi connectivity index (χ4v) is 5.93. The van der Waals surface area contributed by atoms with Crippen molar-refractivity contribution in [2.75, 3.05) is 42.3 Å². The Hall–Kier alpha value is -2.65. The molecule has 0 aliphatic carbocycles. The zero-order chi connectivity index (χ0) is 24.1. The third-order valence-corrected chi connectivity index (χ3v) is 8.26. The van der Waals surface area contributed by atoms with Crippen molar-refractivity contribution in [1.29, 1.82) is 0 Å². The molecule has 9 heteroatoms. The molecule has 2 aliphatic heterocycles. The Labute approximate surface area is 200 Å². The quantitative estimate of drug-likeness (QED) is 0.571. The predicted octanol–water partition coefficient (Wildman–Crippen LogP) is 4.42. The first kappa shape index (κ1) is 24.5. The second-order valence-corrected chi connectivity index (χ2v) is 10.9. The number of benzene rings is 2. The van der Waals surface area contributed by atoms with Gasteiger partial charge in [-0.15, -0.1) is 0 Å². The second-order valence-electron chi connectivity index (χ2n) is 9.22. The van der Waals surface area contributed by atoms with E-state index >= 15 is 0 Å². The normalized spacial score (nSPS) is 18.1. The van der Waals surface area contributed by atoms with Crippen LogP contribution in [0.25, 0.3) is 0 Å². The van der Waals surface area contributed by atoms with E-state index in [-0.39, 0.29) is 16.1 Å². The third-order valence-electron chi connectivity index (χ3n) is 6.86. The number of hydrogen-bond donors (Lipinski definition) is 2. The van der Waals surface area contributed by atoms with Crippen molar-refractivity contribution in [2.24, 2.45) is 5.92 Å². The number of halogens is 1. The molecule has 2 saturated heterocycles. The van der Waals surface area contributed by atoms with Crippen molar-refractivity contribution in [1.82, 2.24) is 4.90 Å². The zero-order valence-electron chi connectivity index (χ0n) is 19.2. The molecule has 184 valence electrons. The highest BCUT2D eigenvalue weighted by atomic mass is 32.2. The first-order chi connectivity index (χ1) is 16.3. The van der Waals surface area contributed by atoms with Crippen LogP contribution in [0.4, 0.5) is 15.8 Å². The Morgan fingerprint density at radius 2 is 1.68 bits per heavy atom. The molecule has 2 aromatic rings. The highest BCUT2D eigenvalue weighted by Gasteiger charge is 2.24. The van der Waals surface area contributed by atoms with Gasteiger partial charge in [0.05, 0.1) is 16.1 Å². The van der Waals surface area contributed by atoms with Gasteiger partial charge in [0.15, 0.2) is 0 Å². The van der Waals surface area contributed by atoms with Crippen LogP contribution in [0.1, 0.15) is 48.9 Å². The fraction of sp³-hybridized carbons (Fsp3) is 0.480. The molecule has 2 aliphatic rings. The average molecular weight is 490 g/mol. The van der Waals surface area contributed by atoms with Crippen LogP contribution >= 0.6 is 0 Å². The summed E-state index contributed by atoms with van der Waals surface area (Å²) < 4.78 is 40.7. The Bertz CT molecular complexity index is 1090. The minimum atomic E-state index is -3.96. The summed E-state index contributed by atoms with van der Waals surface area (Å²) in [5, 5.41) is 9.80. The third kappa shape index (κ3) is 6.07. The van der Waals surface area contributed by atoms with Gasteiger partial charge in [0.1, 0.15) is 5.82 Å². The maximum absolute atomic E-state index is 13.1. The van der Waals surface area contributed by atoms with Gasteiger partial charge in [-0.1, -0.05) is 6.42 Å². The monoisotopic (exact) mass is 489 g/mol. The molecule has 0 spiro atoms. The molecule has 0 aromatic heterocycles. The number of carbonyl (C=O) groups is 1. The van der Waals surface area contributed by atoms with Gasteiger partial charge in [0.2, 0.25) is 0 Å².